The molecule has 1 aromatic carbocycles. The molecule has 2 fully saturated rings. The summed E-state index contributed by atoms with van der Waals surface area (Å²) in [6, 6.07) is 5.59. The number of amides is 4. The lowest BCUT2D eigenvalue weighted by atomic mass is 9.98. The van der Waals surface area contributed by atoms with Crippen molar-refractivity contribution in [1.29, 1.82) is 0 Å². The number of benzene rings is 1. The second-order valence-corrected chi connectivity index (χ2v) is 7.15. The fourth-order valence-electron chi connectivity index (χ4n) is 3.69. The van der Waals surface area contributed by atoms with Gasteiger partial charge in [0.05, 0.1) is 0 Å². The van der Waals surface area contributed by atoms with Gasteiger partial charge in [0.15, 0.2) is 0 Å². The first-order chi connectivity index (χ1) is 12.9. The Labute approximate surface area is 157 Å². The fourth-order valence-corrected chi connectivity index (χ4v) is 3.69. The van der Waals surface area contributed by atoms with Crippen LogP contribution in [-0.4, -0.2) is 41.4 Å². The molecule has 1 aliphatic heterocycles. The monoisotopic (exact) mass is 373 g/mol. The molecule has 0 atom stereocenters. The molecular formula is C20H24FN3O3. The zero-order chi connectivity index (χ0) is 19.4. The summed E-state index contributed by atoms with van der Waals surface area (Å²) in [5.74, 6) is -0.722. The van der Waals surface area contributed by atoms with Crippen molar-refractivity contribution in [3.05, 3.63) is 41.7 Å². The van der Waals surface area contributed by atoms with Crippen LogP contribution >= 0.6 is 0 Å². The Hall–Kier alpha value is -2.70. The Kier molecular flexibility index (Phi) is 5.58. The Bertz CT molecular complexity index is 767. The SMILES string of the molecule is C/C(=C/C(=O)NCCCN1C(=O)NC2(CCCC2)C1=O)c1ccc(F)cc1. The smallest absolute Gasteiger partial charge is 0.325 e. The number of carbonyl (C=O) groups is 3. The Morgan fingerprint density at radius 2 is 1.93 bits per heavy atom. The van der Waals surface area contributed by atoms with E-state index in [1.54, 1.807) is 19.1 Å². The van der Waals surface area contributed by atoms with Crippen molar-refractivity contribution in [2.24, 2.45) is 0 Å². The summed E-state index contributed by atoms with van der Waals surface area (Å²) in [4.78, 5) is 37.8. The molecule has 3 rings (SSSR count). The van der Waals surface area contributed by atoms with Crippen LogP contribution in [-0.2, 0) is 9.59 Å². The number of nitrogens with zero attached hydrogens (tertiary/aromatic N) is 1. The van der Waals surface area contributed by atoms with Crippen LogP contribution in [0.25, 0.3) is 5.57 Å². The number of carbonyl (C=O) groups excluding carboxylic acids is 3. The van der Waals surface area contributed by atoms with Crippen LogP contribution in [0.1, 0.15) is 44.6 Å². The number of halogens is 1. The topological polar surface area (TPSA) is 78.5 Å². The molecule has 27 heavy (non-hydrogen) atoms. The van der Waals surface area contributed by atoms with Crippen molar-refractivity contribution in [2.75, 3.05) is 13.1 Å². The third-order valence-corrected chi connectivity index (χ3v) is 5.21. The van der Waals surface area contributed by atoms with Crippen molar-refractivity contribution in [2.45, 2.75) is 44.6 Å². The maximum atomic E-state index is 12.9. The number of nitrogens with one attached hydrogen (secondary N) is 2. The summed E-state index contributed by atoms with van der Waals surface area (Å²) in [5.41, 5.74) is 0.813. The molecule has 1 aliphatic carbocycles. The van der Waals surface area contributed by atoms with E-state index in [4.69, 9.17) is 0 Å². The first-order valence-corrected chi connectivity index (χ1v) is 9.27. The summed E-state index contributed by atoms with van der Waals surface area (Å²) in [6.07, 6.45) is 5.26. The highest BCUT2D eigenvalue weighted by Gasteiger charge is 2.51. The molecule has 1 heterocycles. The molecular weight excluding hydrogens is 349 g/mol. The molecule has 0 unspecified atom stereocenters. The van der Waals surface area contributed by atoms with Crippen molar-refractivity contribution in [3.8, 4) is 0 Å². The van der Waals surface area contributed by atoms with E-state index >= 15 is 0 Å². The maximum Gasteiger partial charge on any atom is 0.325 e. The van der Waals surface area contributed by atoms with Gasteiger partial charge >= 0.3 is 6.03 Å². The molecule has 0 radical (unpaired) electrons. The Morgan fingerprint density at radius 3 is 2.59 bits per heavy atom. The number of urea groups is 1. The second kappa shape index (κ2) is 7.90. The van der Waals surface area contributed by atoms with E-state index < -0.39 is 5.54 Å². The first-order valence-electron chi connectivity index (χ1n) is 9.27. The highest BCUT2D eigenvalue weighted by atomic mass is 19.1. The quantitative estimate of drug-likeness (QED) is 0.457. The van der Waals surface area contributed by atoms with Crippen LogP contribution in [0.5, 0.6) is 0 Å². The van der Waals surface area contributed by atoms with Crippen LogP contribution in [0.4, 0.5) is 9.18 Å². The van der Waals surface area contributed by atoms with E-state index in [1.807, 2.05) is 0 Å². The van der Waals surface area contributed by atoms with Gasteiger partial charge in [0, 0.05) is 19.2 Å². The average molecular weight is 373 g/mol. The van der Waals surface area contributed by atoms with Crippen molar-refractivity contribution in [3.63, 3.8) is 0 Å². The zero-order valence-corrected chi connectivity index (χ0v) is 15.4. The van der Waals surface area contributed by atoms with Gasteiger partial charge in [-0.15, -0.1) is 0 Å². The summed E-state index contributed by atoms with van der Waals surface area (Å²) in [7, 11) is 0. The van der Waals surface area contributed by atoms with E-state index in [9.17, 15) is 18.8 Å². The highest BCUT2D eigenvalue weighted by molar-refractivity contribution is 6.07. The molecule has 1 aromatic rings. The first kappa shape index (κ1) is 19.1. The largest absolute Gasteiger partial charge is 0.352 e. The molecule has 2 aliphatic rings. The predicted molar refractivity (Wildman–Crippen MR) is 99.1 cm³/mol. The lowest BCUT2D eigenvalue weighted by Gasteiger charge is -2.20. The summed E-state index contributed by atoms with van der Waals surface area (Å²) in [6.45, 7) is 2.42. The molecule has 1 saturated carbocycles. The number of imide groups is 1. The highest BCUT2D eigenvalue weighted by Crippen LogP contribution is 2.34. The third kappa shape index (κ3) is 4.18. The van der Waals surface area contributed by atoms with Gasteiger partial charge in [-0.05, 0) is 49.5 Å². The second-order valence-electron chi connectivity index (χ2n) is 7.15. The zero-order valence-electron chi connectivity index (χ0n) is 15.4. The molecule has 1 saturated heterocycles. The average Bonchev–Trinajstić information content (AvgIpc) is 3.19. The summed E-state index contributed by atoms with van der Waals surface area (Å²) >= 11 is 0. The summed E-state index contributed by atoms with van der Waals surface area (Å²) in [5, 5.41) is 5.59. The lowest BCUT2D eigenvalue weighted by molar-refractivity contribution is -0.131. The third-order valence-electron chi connectivity index (χ3n) is 5.21. The van der Waals surface area contributed by atoms with Crippen LogP contribution < -0.4 is 10.6 Å². The minimum atomic E-state index is -0.685. The van der Waals surface area contributed by atoms with Gasteiger partial charge in [-0.25, -0.2) is 9.18 Å². The normalized spacial score (nSPS) is 18.9. The molecule has 7 heteroatoms. The minimum Gasteiger partial charge on any atom is -0.352 e. The van der Waals surface area contributed by atoms with Crippen LogP contribution in [0.15, 0.2) is 30.3 Å². The van der Waals surface area contributed by atoms with Crippen LogP contribution in [0, 0.1) is 5.82 Å². The summed E-state index contributed by atoms with van der Waals surface area (Å²) < 4.78 is 12.9. The van der Waals surface area contributed by atoms with E-state index in [0.29, 0.717) is 25.8 Å². The minimum absolute atomic E-state index is 0.136. The molecule has 144 valence electrons. The van der Waals surface area contributed by atoms with E-state index in [-0.39, 0.29) is 30.2 Å². The van der Waals surface area contributed by atoms with E-state index in [0.717, 1.165) is 24.0 Å². The van der Waals surface area contributed by atoms with Crippen molar-refractivity contribution < 1.29 is 18.8 Å². The van der Waals surface area contributed by atoms with E-state index in [1.165, 1.54) is 23.1 Å². The van der Waals surface area contributed by atoms with Crippen LogP contribution in [0.2, 0.25) is 0 Å². The lowest BCUT2D eigenvalue weighted by Crippen LogP contribution is -2.44. The van der Waals surface area contributed by atoms with E-state index in [2.05, 4.69) is 10.6 Å². The van der Waals surface area contributed by atoms with Gasteiger partial charge in [-0.1, -0.05) is 25.0 Å². The number of hydrogen-bond donors (Lipinski definition) is 2. The van der Waals surface area contributed by atoms with Crippen molar-refractivity contribution >= 4 is 23.4 Å². The predicted octanol–water partition coefficient (Wildman–Crippen LogP) is 2.60. The van der Waals surface area contributed by atoms with Crippen molar-refractivity contribution in [1.82, 2.24) is 15.5 Å². The molecule has 4 amide bonds. The van der Waals surface area contributed by atoms with Gasteiger partial charge in [0.1, 0.15) is 11.4 Å². The maximum absolute atomic E-state index is 12.9. The molecule has 1 spiro atoms. The van der Waals surface area contributed by atoms with Gasteiger partial charge in [0.2, 0.25) is 5.91 Å². The number of allylic oxidation sites excluding steroid dienone is 1. The molecule has 6 nitrogen and oxygen atoms in total. The van der Waals surface area contributed by atoms with Gasteiger partial charge in [-0.2, -0.15) is 0 Å². The van der Waals surface area contributed by atoms with Crippen LogP contribution in [0.3, 0.4) is 0 Å². The molecule has 0 bridgehead atoms. The Morgan fingerprint density at radius 1 is 1.26 bits per heavy atom. The fraction of sp³-hybridized carbons (Fsp3) is 0.450. The Balaban J connectivity index is 1.45. The van der Waals surface area contributed by atoms with Gasteiger partial charge in [-0.3, -0.25) is 14.5 Å². The van der Waals surface area contributed by atoms with Gasteiger partial charge in [0.25, 0.3) is 5.91 Å². The molecule has 2 N–H and O–H groups in total. The standard InChI is InChI=1S/C20H24FN3O3/c1-14(15-5-7-16(21)8-6-15)13-17(25)22-11-4-12-24-18(26)20(23-19(24)27)9-2-3-10-20/h5-8,13H,2-4,9-12H2,1H3,(H,22,25)(H,23,27)/b14-13-. The van der Waals surface area contributed by atoms with Gasteiger partial charge < -0.3 is 10.6 Å². The number of rotatable bonds is 6. The molecule has 0 aromatic heterocycles. The number of hydrogen-bond acceptors (Lipinski definition) is 3.